The first-order valence-corrected chi connectivity index (χ1v) is 12.5. The van der Waals surface area contributed by atoms with Gasteiger partial charge in [-0.3, -0.25) is 0 Å². The first-order chi connectivity index (χ1) is 15.6. The van der Waals surface area contributed by atoms with E-state index in [0.29, 0.717) is 30.1 Å². The Bertz CT molecular complexity index is 817. The van der Waals surface area contributed by atoms with Crippen molar-refractivity contribution >= 4 is 113 Å². The molecular weight excluding hydrogens is 662 g/mol. The maximum Gasteiger partial charge on any atom is 0.324 e. The molecule has 0 saturated heterocycles. The SMILES string of the molecule is OP(O)O.Oc1cc(Cl)c(Cl)cc1Cl.Oc1cc(Cl)c(Cl)cc1Cl.Oc1cc(Cl)c(Cl)cc1Cl. The lowest BCUT2D eigenvalue weighted by atomic mass is 10.3. The van der Waals surface area contributed by atoms with Gasteiger partial charge in [-0.1, -0.05) is 104 Å². The lowest BCUT2D eigenvalue weighted by Crippen LogP contribution is -1.70. The molecule has 0 unspecified atom stereocenters. The van der Waals surface area contributed by atoms with Crippen molar-refractivity contribution < 1.29 is 30.0 Å². The summed E-state index contributed by atoms with van der Waals surface area (Å²) in [5, 5.41) is 29.4. The van der Waals surface area contributed by atoms with Crippen LogP contribution >= 0.6 is 113 Å². The highest BCUT2D eigenvalue weighted by atomic mass is 35.5. The molecule has 0 fully saturated rings. The molecule has 0 amide bonds. The van der Waals surface area contributed by atoms with Gasteiger partial charge in [-0.05, 0) is 18.2 Å². The Balaban J connectivity index is 0.000000445. The molecule has 0 atom stereocenters. The van der Waals surface area contributed by atoms with Gasteiger partial charge >= 0.3 is 8.60 Å². The summed E-state index contributed by atoms with van der Waals surface area (Å²) < 4.78 is 0. The van der Waals surface area contributed by atoms with Crippen LogP contribution in [-0.2, 0) is 0 Å². The zero-order valence-corrected chi connectivity index (χ0v) is 23.7. The first-order valence-electron chi connectivity index (χ1n) is 7.94. The van der Waals surface area contributed by atoms with Gasteiger partial charge in [0.2, 0.25) is 0 Å². The van der Waals surface area contributed by atoms with Gasteiger partial charge in [0.05, 0.1) is 45.2 Å². The van der Waals surface area contributed by atoms with E-state index in [1.165, 1.54) is 36.4 Å². The zero-order valence-electron chi connectivity index (χ0n) is 16.0. The molecule has 0 radical (unpaired) electrons. The van der Waals surface area contributed by atoms with Crippen LogP contribution in [0.1, 0.15) is 0 Å². The molecule has 0 saturated carbocycles. The van der Waals surface area contributed by atoms with Gasteiger partial charge in [0.25, 0.3) is 0 Å². The summed E-state index contributed by atoms with van der Waals surface area (Å²) in [6.07, 6.45) is 0. The third-order valence-electron chi connectivity index (χ3n) is 2.97. The Morgan fingerprint density at radius 1 is 0.353 bits per heavy atom. The van der Waals surface area contributed by atoms with Crippen LogP contribution in [0.3, 0.4) is 0 Å². The number of hydrogen-bond acceptors (Lipinski definition) is 6. The standard InChI is InChI=1S/3C6H3Cl3O.H3O3P/c3*7-3-1-5(9)6(10)2-4(3)8;1-4(2)3/h3*1-2,10H;1-3H. The number of benzene rings is 3. The fraction of sp³-hybridized carbons (Fsp3) is 0. The Kier molecular flexibility index (Phi) is 16.7. The van der Waals surface area contributed by atoms with Crippen LogP contribution in [0.2, 0.25) is 45.2 Å². The summed E-state index contributed by atoms with van der Waals surface area (Å²) in [7, 11) is -2.62. The molecule has 0 spiro atoms. The molecule has 3 aromatic carbocycles. The molecule has 0 aromatic heterocycles. The summed E-state index contributed by atoms with van der Waals surface area (Å²) in [6, 6.07) is 8.06. The third kappa shape index (κ3) is 13.3. The van der Waals surface area contributed by atoms with E-state index < -0.39 is 8.60 Å². The van der Waals surface area contributed by atoms with Crippen LogP contribution < -0.4 is 0 Å². The van der Waals surface area contributed by atoms with Crippen LogP contribution in [0.15, 0.2) is 36.4 Å². The minimum absolute atomic E-state index is 0.0592. The first kappa shape index (κ1) is 34.0. The smallest absolute Gasteiger partial charge is 0.324 e. The fourth-order valence-electron chi connectivity index (χ4n) is 1.54. The minimum atomic E-state index is -2.62. The molecule has 0 bridgehead atoms. The van der Waals surface area contributed by atoms with E-state index in [9.17, 15) is 0 Å². The molecule has 3 aromatic rings. The monoisotopic (exact) mass is 670 g/mol. The summed E-state index contributed by atoms with van der Waals surface area (Å²) in [6.45, 7) is 0. The van der Waals surface area contributed by atoms with Crippen LogP contribution in [0, 0.1) is 0 Å². The molecule has 6 N–H and O–H groups in total. The van der Waals surface area contributed by atoms with E-state index in [1.54, 1.807) is 0 Å². The van der Waals surface area contributed by atoms with Crippen molar-refractivity contribution in [3.8, 4) is 17.2 Å². The van der Waals surface area contributed by atoms with Gasteiger partial charge in [0.15, 0.2) is 0 Å². The average Bonchev–Trinajstić information content (AvgIpc) is 2.70. The Morgan fingerprint density at radius 2 is 0.500 bits per heavy atom. The van der Waals surface area contributed by atoms with Gasteiger partial charge in [-0.2, -0.15) is 0 Å². The zero-order chi connectivity index (χ0) is 26.7. The van der Waals surface area contributed by atoms with Crippen LogP contribution in [0.5, 0.6) is 17.2 Å². The predicted molar refractivity (Wildman–Crippen MR) is 143 cm³/mol. The van der Waals surface area contributed by atoms with E-state index in [-0.39, 0.29) is 32.3 Å². The maximum atomic E-state index is 8.95. The van der Waals surface area contributed by atoms with Crippen molar-refractivity contribution in [2.75, 3.05) is 0 Å². The fourth-order valence-corrected chi connectivity index (χ4v) is 3.16. The average molecular weight is 674 g/mol. The van der Waals surface area contributed by atoms with Gasteiger partial charge in [-0.25, -0.2) is 0 Å². The second kappa shape index (κ2) is 16.7. The van der Waals surface area contributed by atoms with Gasteiger partial charge < -0.3 is 30.0 Å². The highest BCUT2D eigenvalue weighted by Crippen LogP contribution is 2.34. The summed E-state index contributed by atoms with van der Waals surface area (Å²) in [5.41, 5.74) is 0. The van der Waals surface area contributed by atoms with E-state index in [0.717, 1.165) is 0 Å². The van der Waals surface area contributed by atoms with Gasteiger partial charge in [0, 0.05) is 18.2 Å². The molecule has 6 nitrogen and oxygen atoms in total. The Labute approximate surface area is 240 Å². The number of aromatic hydroxyl groups is 3. The topological polar surface area (TPSA) is 121 Å². The van der Waals surface area contributed by atoms with Crippen molar-refractivity contribution in [1.29, 1.82) is 0 Å². The molecule has 0 aliphatic heterocycles. The van der Waals surface area contributed by atoms with E-state index in [1.807, 2.05) is 0 Å². The van der Waals surface area contributed by atoms with Crippen molar-refractivity contribution in [2.24, 2.45) is 0 Å². The molecule has 0 aliphatic carbocycles. The second-order valence-electron chi connectivity index (χ2n) is 5.42. The molecular formula is C18H12Cl9O6P. The number of rotatable bonds is 0. The lowest BCUT2D eigenvalue weighted by Gasteiger charge is -1.97. The largest absolute Gasteiger partial charge is 0.506 e. The van der Waals surface area contributed by atoms with Crippen molar-refractivity contribution in [2.45, 2.75) is 0 Å². The van der Waals surface area contributed by atoms with Gasteiger partial charge in [0.1, 0.15) is 17.2 Å². The van der Waals surface area contributed by atoms with Gasteiger partial charge in [-0.15, -0.1) is 0 Å². The molecule has 3 rings (SSSR count). The lowest BCUT2D eigenvalue weighted by molar-refractivity contribution is 0.368. The maximum absolute atomic E-state index is 8.95. The second-order valence-corrected chi connectivity index (χ2v) is 9.62. The van der Waals surface area contributed by atoms with E-state index in [4.69, 9.17) is 134 Å². The Hall–Kier alpha value is -0.0200. The Morgan fingerprint density at radius 3 is 0.647 bits per heavy atom. The third-order valence-corrected chi connectivity index (χ3v) is 6.04. The molecule has 0 aliphatic rings. The van der Waals surface area contributed by atoms with Crippen LogP contribution in [-0.4, -0.2) is 30.0 Å². The number of phenolic OH excluding ortho intramolecular Hbond substituents is 3. The highest BCUT2D eigenvalue weighted by Gasteiger charge is 2.04. The predicted octanol–water partition coefficient (Wildman–Crippen LogP) is 9.25. The molecule has 34 heavy (non-hydrogen) atoms. The van der Waals surface area contributed by atoms with Crippen molar-refractivity contribution in [1.82, 2.24) is 0 Å². The number of hydrogen-bond donors (Lipinski definition) is 6. The number of halogens is 9. The van der Waals surface area contributed by atoms with E-state index in [2.05, 4.69) is 0 Å². The minimum Gasteiger partial charge on any atom is -0.506 e. The summed E-state index contributed by atoms with van der Waals surface area (Å²) in [4.78, 5) is 21.7. The van der Waals surface area contributed by atoms with Crippen LogP contribution in [0.25, 0.3) is 0 Å². The molecule has 0 heterocycles. The van der Waals surface area contributed by atoms with Crippen molar-refractivity contribution in [3.05, 3.63) is 81.6 Å². The highest BCUT2D eigenvalue weighted by molar-refractivity contribution is 7.38. The van der Waals surface area contributed by atoms with E-state index >= 15 is 0 Å². The quantitative estimate of drug-likeness (QED) is 0.105. The van der Waals surface area contributed by atoms with Crippen molar-refractivity contribution in [3.63, 3.8) is 0 Å². The molecule has 188 valence electrons. The summed E-state index contributed by atoms with van der Waals surface area (Å²) >= 11 is 49.8. The number of phenols is 3. The molecule has 16 heteroatoms. The summed E-state index contributed by atoms with van der Waals surface area (Å²) in [5.74, 6) is -0.178. The van der Waals surface area contributed by atoms with Crippen LogP contribution in [0.4, 0.5) is 0 Å². The normalized spacial score (nSPS) is 9.79.